The van der Waals surface area contributed by atoms with E-state index >= 15 is 0 Å². The summed E-state index contributed by atoms with van der Waals surface area (Å²) < 4.78 is 38.4. The van der Waals surface area contributed by atoms with Crippen LogP contribution in [0.3, 0.4) is 0 Å². The molecule has 1 N–H and O–H groups in total. The second-order valence-corrected chi connectivity index (χ2v) is 2.90. The fraction of sp³-hybridized carbons (Fsp3) is 0.571. The van der Waals surface area contributed by atoms with Gasteiger partial charge in [0.15, 0.2) is 0 Å². The van der Waals surface area contributed by atoms with Crippen LogP contribution in [0.1, 0.15) is 11.3 Å². The standard InChI is InChI=1S/C7H8F3N3/c8-7(9,10)5-3-12-13-2-1-11-4-6(5)13/h3,11H,1-2,4H2. The molecule has 3 nitrogen and oxygen atoms in total. The summed E-state index contributed by atoms with van der Waals surface area (Å²) in [5, 5.41) is 6.56. The van der Waals surface area contributed by atoms with Gasteiger partial charge >= 0.3 is 6.18 Å². The van der Waals surface area contributed by atoms with Crippen molar-refractivity contribution in [1.29, 1.82) is 0 Å². The molecule has 1 aliphatic rings. The molecule has 0 aliphatic carbocycles. The summed E-state index contributed by atoms with van der Waals surface area (Å²) >= 11 is 0. The minimum Gasteiger partial charge on any atom is -0.309 e. The molecule has 2 heterocycles. The molecule has 72 valence electrons. The molecule has 1 aromatic heterocycles. The Hall–Kier alpha value is -1.04. The van der Waals surface area contributed by atoms with E-state index in [2.05, 4.69) is 10.4 Å². The van der Waals surface area contributed by atoms with Crippen molar-refractivity contribution < 1.29 is 13.2 Å². The lowest BCUT2D eigenvalue weighted by Crippen LogP contribution is -2.29. The second-order valence-electron chi connectivity index (χ2n) is 2.90. The van der Waals surface area contributed by atoms with E-state index in [-0.39, 0.29) is 12.2 Å². The summed E-state index contributed by atoms with van der Waals surface area (Å²) in [5.41, 5.74) is -0.390. The zero-order chi connectivity index (χ0) is 9.47. The minimum absolute atomic E-state index is 0.235. The molecule has 13 heavy (non-hydrogen) atoms. The van der Waals surface area contributed by atoms with Gasteiger partial charge in [0.25, 0.3) is 0 Å². The Labute approximate surface area is 72.5 Å². The van der Waals surface area contributed by atoms with Gasteiger partial charge < -0.3 is 5.32 Å². The fourth-order valence-corrected chi connectivity index (χ4v) is 1.42. The summed E-state index contributed by atoms with van der Waals surface area (Å²) in [6, 6.07) is 0. The summed E-state index contributed by atoms with van der Waals surface area (Å²) in [6.07, 6.45) is -3.39. The maximum atomic E-state index is 12.3. The highest BCUT2D eigenvalue weighted by Gasteiger charge is 2.36. The Morgan fingerprint density at radius 3 is 2.92 bits per heavy atom. The van der Waals surface area contributed by atoms with Crippen LogP contribution >= 0.6 is 0 Å². The van der Waals surface area contributed by atoms with E-state index in [4.69, 9.17) is 0 Å². The van der Waals surface area contributed by atoms with Gasteiger partial charge in [0.2, 0.25) is 0 Å². The Morgan fingerprint density at radius 2 is 2.23 bits per heavy atom. The van der Waals surface area contributed by atoms with E-state index in [1.54, 1.807) is 0 Å². The van der Waals surface area contributed by atoms with Crippen LogP contribution in [0, 0.1) is 0 Å². The van der Waals surface area contributed by atoms with Gasteiger partial charge in [-0.05, 0) is 0 Å². The van der Waals surface area contributed by atoms with Crippen LogP contribution in [0.25, 0.3) is 0 Å². The molecule has 0 unspecified atom stereocenters. The lowest BCUT2D eigenvalue weighted by Gasteiger charge is -2.16. The van der Waals surface area contributed by atoms with Gasteiger partial charge in [0.1, 0.15) is 0 Å². The van der Waals surface area contributed by atoms with Crippen LogP contribution in [-0.2, 0) is 19.3 Å². The molecule has 1 aliphatic heterocycles. The molecular weight excluding hydrogens is 183 g/mol. The zero-order valence-electron chi connectivity index (χ0n) is 6.73. The molecule has 0 saturated heterocycles. The predicted octanol–water partition coefficient (Wildman–Crippen LogP) is 1.01. The highest BCUT2D eigenvalue weighted by atomic mass is 19.4. The van der Waals surface area contributed by atoms with E-state index in [1.807, 2.05) is 0 Å². The van der Waals surface area contributed by atoms with Crippen molar-refractivity contribution in [1.82, 2.24) is 15.1 Å². The first-order valence-corrected chi connectivity index (χ1v) is 3.91. The molecule has 6 heteroatoms. The zero-order valence-corrected chi connectivity index (χ0v) is 6.73. The van der Waals surface area contributed by atoms with Crippen molar-refractivity contribution in [3.05, 3.63) is 17.5 Å². The number of alkyl halides is 3. The average molecular weight is 191 g/mol. The number of nitrogens with one attached hydrogen (secondary N) is 1. The maximum absolute atomic E-state index is 12.3. The van der Waals surface area contributed by atoms with Crippen molar-refractivity contribution in [3.8, 4) is 0 Å². The SMILES string of the molecule is FC(F)(F)c1cnn2c1CNCC2. The van der Waals surface area contributed by atoms with Gasteiger partial charge in [-0.3, -0.25) is 4.68 Å². The van der Waals surface area contributed by atoms with Crippen LogP contribution in [0.4, 0.5) is 13.2 Å². The highest BCUT2D eigenvalue weighted by molar-refractivity contribution is 5.22. The number of nitrogens with zero attached hydrogens (tertiary/aromatic N) is 2. The predicted molar refractivity (Wildman–Crippen MR) is 38.9 cm³/mol. The van der Waals surface area contributed by atoms with Crippen molar-refractivity contribution >= 4 is 0 Å². The van der Waals surface area contributed by atoms with E-state index < -0.39 is 11.7 Å². The summed E-state index contributed by atoms with van der Waals surface area (Å²) in [7, 11) is 0. The lowest BCUT2D eigenvalue weighted by atomic mass is 10.2. The second kappa shape index (κ2) is 2.73. The van der Waals surface area contributed by atoms with Crippen LogP contribution in [0.15, 0.2) is 6.20 Å². The molecule has 0 saturated carbocycles. The third-order valence-electron chi connectivity index (χ3n) is 2.05. The molecule has 0 amide bonds. The Bertz CT molecular complexity index is 315. The van der Waals surface area contributed by atoms with Gasteiger partial charge in [0, 0.05) is 13.1 Å². The van der Waals surface area contributed by atoms with Gasteiger partial charge in [-0.25, -0.2) is 0 Å². The number of hydrogen-bond donors (Lipinski definition) is 1. The summed E-state index contributed by atoms with van der Waals surface area (Å²) in [4.78, 5) is 0. The molecular formula is C7H8F3N3. The van der Waals surface area contributed by atoms with Crippen LogP contribution in [0.5, 0.6) is 0 Å². The fourth-order valence-electron chi connectivity index (χ4n) is 1.42. The third kappa shape index (κ3) is 1.41. The van der Waals surface area contributed by atoms with Gasteiger partial charge in [-0.15, -0.1) is 0 Å². The van der Waals surface area contributed by atoms with E-state index in [9.17, 15) is 13.2 Å². The van der Waals surface area contributed by atoms with Crippen LogP contribution in [-0.4, -0.2) is 16.3 Å². The molecule has 0 aromatic carbocycles. The third-order valence-corrected chi connectivity index (χ3v) is 2.05. The van der Waals surface area contributed by atoms with Crippen LogP contribution < -0.4 is 5.32 Å². The Morgan fingerprint density at radius 1 is 1.46 bits per heavy atom. The quantitative estimate of drug-likeness (QED) is 0.663. The van der Waals surface area contributed by atoms with E-state index in [1.165, 1.54) is 4.68 Å². The molecule has 2 rings (SSSR count). The van der Waals surface area contributed by atoms with E-state index in [0.29, 0.717) is 13.1 Å². The van der Waals surface area contributed by atoms with Crippen molar-refractivity contribution in [2.75, 3.05) is 6.54 Å². The van der Waals surface area contributed by atoms with Crippen molar-refractivity contribution in [2.24, 2.45) is 0 Å². The average Bonchev–Trinajstić information content (AvgIpc) is 2.45. The molecule has 1 aromatic rings. The number of aromatic nitrogens is 2. The van der Waals surface area contributed by atoms with Crippen molar-refractivity contribution in [3.63, 3.8) is 0 Å². The minimum atomic E-state index is -4.29. The Kier molecular flexibility index (Phi) is 1.80. The summed E-state index contributed by atoms with van der Waals surface area (Å²) in [5.74, 6) is 0. The number of rotatable bonds is 0. The number of fused-ring (bicyclic) bond motifs is 1. The first kappa shape index (κ1) is 8.55. The maximum Gasteiger partial charge on any atom is 0.419 e. The highest BCUT2D eigenvalue weighted by Crippen LogP contribution is 2.32. The summed E-state index contributed by atoms with van der Waals surface area (Å²) in [6.45, 7) is 1.42. The first-order valence-electron chi connectivity index (χ1n) is 3.91. The molecule has 0 atom stereocenters. The number of halogens is 3. The normalized spacial score (nSPS) is 17.2. The lowest BCUT2D eigenvalue weighted by molar-refractivity contribution is -0.138. The first-order chi connectivity index (χ1) is 6.09. The number of hydrogen-bond acceptors (Lipinski definition) is 2. The van der Waals surface area contributed by atoms with Crippen LogP contribution in [0.2, 0.25) is 0 Å². The van der Waals surface area contributed by atoms with Gasteiger partial charge in [-0.2, -0.15) is 18.3 Å². The largest absolute Gasteiger partial charge is 0.419 e. The van der Waals surface area contributed by atoms with Crippen molar-refractivity contribution in [2.45, 2.75) is 19.3 Å². The molecule has 0 spiro atoms. The monoisotopic (exact) mass is 191 g/mol. The molecule has 0 radical (unpaired) electrons. The molecule has 0 fully saturated rings. The Balaban J connectivity index is 2.43. The topological polar surface area (TPSA) is 29.9 Å². The van der Waals surface area contributed by atoms with E-state index in [0.717, 1.165) is 6.20 Å². The van der Waals surface area contributed by atoms with Gasteiger partial charge in [0.05, 0.1) is 24.0 Å². The smallest absolute Gasteiger partial charge is 0.309 e. The van der Waals surface area contributed by atoms with Gasteiger partial charge in [-0.1, -0.05) is 0 Å². The molecule has 0 bridgehead atoms.